The molecule has 0 radical (unpaired) electrons. The first kappa shape index (κ1) is 14.5. The number of Topliss-reactive ketones (excluding diaryl/α,β-unsaturated/α-hetero) is 1. The van der Waals surface area contributed by atoms with Gasteiger partial charge >= 0.3 is 0 Å². The first-order valence-electron chi connectivity index (χ1n) is 6.38. The van der Waals surface area contributed by atoms with Crippen LogP contribution >= 0.6 is 11.8 Å². The average molecular weight is 287 g/mol. The molecule has 20 heavy (non-hydrogen) atoms. The van der Waals surface area contributed by atoms with E-state index in [1.807, 2.05) is 42.5 Å². The van der Waals surface area contributed by atoms with E-state index < -0.39 is 0 Å². The highest BCUT2D eigenvalue weighted by Crippen LogP contribution is 2.21. The van der Waals surface area contributed by atoms with Gasteiger partial charge < -0.3 is 10.5 Å². The van der Waals surface area contributed by atoms with Crippen LogP contribution in [-0.2, 0) is 0 Å². The summed E-state index contributed by atoms with van der Waals surface area (Å²) in [5.74, 6) is 1.49. The average Bonchev–Trinajstić information content (AvgIpc) is 2.46. The molecule has 0 aromatic heterocycles. The minimum atomic E-state index is 0.0202. The number of carbonyl (C=O) groups excluding carboxylic acids is 1. The molecule has 0 bridgehead atoms. The predicted octanol–water partition coefficient (Wildman–Crippen LogP) is 3.64. The molecule has 0 atom stereocenters. The van der Waals surface area contributed by atoms with Crippen LogP contribution in [0.4, 0.5) is 5.69 Å². The topological polar surface area (TPSA) is 52.3 Å². The standard InChI is InChI=1S/C16H17NO2S/c1-12(18)15-4-2-3-5-16(15)19-10-11-20-14-8-6-13(17)7-9-14/h2-9H,10-11,17H2,1H3. The van der Waals surface area contributed by atoms with E-state index in [-0.39, 0.29) is 5.78 Å². The fraction of sp³-hybridized carbons (Fsp3) is 0.188. The van der Waals surface area contributed by atoms with E-state index in [1.54, 1.807) is 24.8 Å². The number of rotatable bonds is 6. The van der Waals surface area contributed by atoms with E-state index in [0.717, 1.165) is 16.3 Å². The summed E-state index contributed by atoms with van der Waals surface area (Å²) in [5.41, 5.74) is 7.03. The summed E-state index contributed by atoms with van der Waals surface area (Å²) < 4.78 is 5.68. The van der Waals surface area contributed by atoms with Gasteiger partial charge in [0.1, 0.15) is 5.75 Å². The van der Waals surface area contributed by atoms with E-state index in [2.05, 4.69) is 0 Å². The number of thioether (sulfide) groups is 1. The van der Waals surface area contributed by atoms with Crippen LogP contribution in [0.15, 0.2) is 53.4 Å². The van der Waals surface area contributed by atoms with Gasteiger partial charge in [-0.3, -0.25) is 4.79 Å². The second kappa shape index (κ2) is 7.01. The summed E-state index contributed by atoms with van der Waals surface area (Å²) in [4.78, 5) is 12.6. The lowest BCUT2D eigenvalue weighted by atomic mass is 10.1. The number of ketones is 1. The summed E-state index contributed by atoms with van der Waals surface area (Å²) in [5, 5.41) is 0. The molecule has 0 heterocycles. The van der Waals surface area contributed by atoms with Crippen molar-refractivity contribution in [3.05, 3.63) is 54.1 Å². The lowest BCUT2D eigenvalue weighted by Gasteiger charge is -2.09. The SMILES string of the molecule is CC(=O)c1ccccc1OCCSc1ccc(N)cc1. The number of hydrogen-bond donors (Lipinski definition) is 1. The van der Waals surface area contributed by atoms with Crippen molar-refractivity contribution >= 4 is 23.2 Å². The van der Waals surface area contributed by atoms with Crippen molar-refractivity contribution in [2.45, 2.75) is 11.8 Å². The molecular formula is C16H17NO2S. The molecule has 2 N–H and O–H groups in total. The van der Waals surface area contributed by atoms with E-state index in [1.165, 1.54) is 0 Å². The first-order chi connectivity index (χ1) is 9.66. The number of carbonyl (C=O) groups is 1. The summed E-state index contributed by atoms with van der Waals surface area (Å²) in [6, 6.07) is 15.1. The molecule has 0 spiro atoms. The largest absolute Gasteiger partial charge is 0.492 e. The van der Waals surface area contributed by atoms with Crippen LogP contribution in [0.2, 0.25) is 0 Å². The second-order valence-electron chi connectivity index (χ2n) is 4.32. The van der Waals surface area contributed by atoms with Gasteiger partial charge in [-0.05, 0) is 43.3 Å². The number of benzene rings is 2. The zero-order valence-electron chi connectivity index (χ0n) is 11.3. The monoisotopic (exact) mass is 287 g/mol. The van der Waals surface area contributed by atoms with Gasteiger partial charge in [0.25, 0.3) is 0 Å². The molecule has 0 unspecified atom stereocenters. The second-order valence-corrected chi connectivity index (χ2v) is 5.49. The van der Waals surface area contributed by atoms with Crippen LogP contribution in [0.3, 0.4) is 0 Å². The number of anilines is 1. The molecule has 4 heteroatoms. The third-order valence-electron chi connectivity index (χ3n) is 2.76. The normalized spacial score (nSPS) is 10.2. The fourth-order valence-electron chi connectivity index (χ4n) is 1.76. The maximum atomic E-state index is 11.5. The van der Waals surface area contributed by atoms with Gasteiger partial charge in [-0.2, -0.15) is 0 Å². The molecule has 2 aromatic carbocycles. The lowest BCUT2D eigenvalue weighted by Crippen LogP contribution is -2.04. The molecule has 0 saturated heterocycles. The van der Waals surface area contributed by atoms with Crippen molar-refractivity contribution < 1.29 is 9.53 Å². The highest BCUT2D eigenvalue weighted by molar-refractivity contribution is 7.99. The molecular weight excluding hydrogens is 270 g/mol. The quantitative estimate of drug-likeness (QED) is 0.381. The Morgan fingerprint density at radius 1 is 1.15 bits per heavy atom. The summed E-state index contributed by atoms with van der Waals surface area (Å²) >= 11 is 1.70. The minimum Gasteiger partial charge on any atom is -0.492 e. The Balaban J connectivity index is 1.84. The van der Waals surface area contributed by atoms with Crippen molar-refractivity contribution in [2.24, 2.45) is 0 Å². The van der Waals surface area contributed by atoms with Crippen LogP contribution in [0, 0.1) is 0 Å². The molecule has 2 rings (SSSR count). The van der Waals surface area contributed by atoms with Crippen LogP contribution in [-0.4, -0.2) is 18.1 Å². The van der Waals surface area contributed by atoms with Gasteiger partial charge in [0, 0.05) is 16.3 Å². The maximum Gasteiger partial charge on any atom is 0.163 e. The van der Waals surface area contributed by atoms with Crippen LogP contribution in [0.1, 0.15) is 17.3 Å². The van der Waals surface area contributed by atoms with Gasteiger partial charge in [0.15, 0.2) is 5.78 Å². The van der Waals surface area contributed by atoms with Crippen molar-refractivity contribution in [1.29, 1.82) is 0 Å². The predicted molar refractivity (Wildman–Crippen MR) is 83.5 cm³/mol. The molecule has 104 valence electrons. The molecule has 0 fully saturated rings. The lowest BCUT2D eigenvalue weighted by molar-refractivity contribution is 0.101. The zero-order valence-corrected chi connectivity index (χ0v) is 12.2. The minimum absolute atomic E-state index is 0.0202. The molecule has 0 aliphatic heterocycles. The van der Waals surface area contributed by atoms with Gasteiger partial charge in [0.05, 0.1) is 12.2 Å². The van der Waals surface area contributed by atoms with Crippen molar-refractivity contribution in [3.63, 3.8) is 0 Å². The van der Waals surface area contributed by atoms with Crippen molar-refractivity contribution in [2.75, 3.05) is 18.1 Å². The van der Waals surface area contributed by atoms with Crippen LogP contribution in [0.25, 0.3) is 0 Å². The summed E-state index contributed by atoms with van der Waals surface area (Å²) in [7, 11) is 0. The molecule has 3 nitrogen and oxygen atoms in total. The molecule has 2 aromatic rings. The third-order valence-corrected chi connectivity index (χ3v) is 3.73. The van der Waals surface area contributed by atoms with Gasteiger partial charge in [0.2, 0.25) is 0 Å². The van der Waals surface area contributed by atoms with Crippen molar-refractivity contribution in [1.82, 2.24) is 0 Å². The number of hydrogen-bond acceptors (Lipinski definition) is 4. The number of nitrogen functional groups attached to an aromatic ring is 1. The highest BCUT2D eigenvalue weighted by Gasteiger charge is 2.06. The Kier molecular flexibility index (Phi) is 5.07. The smallest absolute Gasteiger partial charge is 0.163 e. The molecule has 0 amide bonds. The van der Waals surface area contributed by atoms with E-state index in [4.69, 9.17) is 10.5 Å². The van der Waals surface area contributed by atoms with E-state index in [0.29, 0.717) is 17.9 Å². The van der Waals surface area contributed by atoms with E-state index in [9.17, 15) is 4.79 Å². The fourth-order valence-corrected chi connectivity index (χ4v) is 2.49. The van der Waals surface area contributed by atoms with Crippen LogP contribution < -0.4 is 10.5 Å². The first-order valence-corrected chi connectivity index (χ1v) is 7.36. The number of nitrogens with two attached hydrogens (primary N) is 1. The summed E-state index contributed by atoms with van der Waals surface area (Å²) in [6.07, 6.45) is 0. The van der Waals surface area contributed by atoms with Gasteiger partial charge in [-0.15, -0.1) is 11.8 Å². The molecule has 0 saturated carbocycles. The zero-order chi connectivity index (χ0) is 14.4. The maximum absolute atomic E-state index is 11.5. The van der Waals surface area contributed by atoms with Gasteiger partial charge in [-0.1, -0.05) is 12.1 Å². The number of para-hydroxylation sites is 1. The molecule has 0 aliphatic carbocycles. The Labute approximate surface area is 123 Å². The Morgan fingerprint density at radius 2 is 1.85 bits per heavy atom. The van der Waals surface area contributed by atoms with Gasteiger partial charge in [-0.25, -0.2) is 0 Å². The van der Waals surface area contributed by atoms with E-state index >= 15 is 0 Å². The Bertz CT molecular complexity index is 581. The summed E-state index contributed by atoms with van der Waals surface area (Å²) in [6.45, 7) is 2.10. The molecule has 0 aliphatic rings. The third kappa shape index (κ3) is 4.03. The van der Waals surface area contributed by atoms with Crippen LogP contribution in [0.5, 0.6) is 5.75 Å². The number of ether oxygens (including phenoxy) is 1. The Hall–Kier alpha value is -1.94. The Morgan fingerprint density at radius 3 is 2.55 bits per heavy atom. The van der Waals surface area contributed by atoms with Crippen molar-refractivity contribution in [3.8, 4) is 5.75 Å². The highest BCUT2D eigenvalue weighted by atomic mass is 32.2.